The van der Waals surface area contributed by atoms with Gasteiger partial charge in [0.25, 0.3) is 0 Å². The first-order valence-electron chi connectivity index (χ1n) is 9.63. The Morgan fingerprint density at radius 1 is 1.04 bits per heavy atom. The molecule has 2 aromatic carbocycles. The van der Waals surface area contributed by atoms with E-state index in [0.717, 1.165) is 18.5 Å². The van der Waals surface area contributed by atoms with Crippen LogP contribution in [0.4, 0.5) is 0 Å². The molecule has 0 radical (unpaired) electrons. The number of carbonyl (C=O) groups is 1. The molecule has 3 heteroatoms. The number of likely N-dealkylation sites (tertiary alicyclic amines) is 1. The van der Waals surface area contributed by atoms with Gasteiger partial charge in [-0.15, -0.1) is 0 Å². The lowest BCUT2D eigenvalue weighted by Gasteiger charge is -2.48. The molecule has 0 saturated carbocycles. The number of quaternary nitrogens is 1. The van der Waals surface area contributed by atoms with Crippen LogP contribution in [-0.2, 0) is 10.3 Å². The number of hydrogen-bond donors (Lipinski definition) is 1. The summed E-state index contributed by atoms with van der Waals surface area (Å²) in [5.41, 5.74) is 1.14. The molecule has 0 aromatic heterocycles. The van der Waals surface area contributed by atoms with Gasteiger partial charge in [0.1, 0.15) is 0 Å². The normalized spacial score (nSPS) is 28.7. The smallest absolute Gasteiger partial charge is 0.339 e. The van der Waals surface area contributed by atoms with Crippen LogP contribution in [0.25, 0.3) is 0 Å². The quantitative estimate of drug-likeness (QED) is 0.854. The standard InChI is InChI=1S/C23H29NO2/c1-17(2)24-16-18(3)23(15-19(24)4,21-13-9-6-10-14-21)26-22(25)20-11-7-5-8-12-20/h5-14,17-19H,15-16H2,1-4H3/p+1/t18-,19-,23+/m1/s1. The number of ether oxygens (including phenoxy) is 1. The van der Waals surface area contributed by atoms with Gasteiger partial charge in [-0.1, -0.05) is 55.5 Å². The zero-order chi connectivity index (χ0) is 18.7. The van der Waals surface area contributed by atoms with E-state index >= 15 is 0 Å². The molecule has 138 valence electrons. The molecular weight excluding hydrogens is 322 g/mol. The van der Waals surface area contributed by atoms with Crippen molar-refractivity contribution < 1.29 is 14.4 Å². The maximum Gasteiger partial charge on any atom is 0.339 e. The van der Waals surface area contributed by atoms with Gasteiger partial charge in [0, 0.05) is 12.3 Å². The SMILES string of the molecule is CC(C)[NH+]1C[C@@H](C)[C@](OC(=O)c2ccccc2)(c2ccccc2)C[C@H]1C. The monoisotopic (exact) mass is 352 g/mol. The summed E-state index contributed by atoms with van der Waals surface area (Å²) >= 11 is 0. The van der Waals surface area contributed by atoms with Gasteiger partial charge >= 0.3 is 5.97 Å². The molecule has 1 N–H and O–H groups in total. The number of benzene rings is 2. The Morgan fingerprint density at radius 3 is 2.19 bits per heavy atom. The first-order chi connectivity index (χ1) is 12.4. The minimum Gasteiger partial charge on any atom is -0.450 e. The van der Waals surface area contributed by atoms with Crippen molar-refractivity contribution in [2.24, 2.45) is 5.92 Å². The van der Waals surface area contributed by atoms with E-state index in [-0.39, 0.29) is 11.9 Å². The molecule has 1 fully saturated rings. The van der Waals surface area contributed by atoms with Crippen LogP contribution in [-0.4, -0.2) is 24.6 Å². The topological polar surface area (TPSA) is 30.7 Å². The molecule has 0 spiro atoms. The van der Waals surface area contributed by atoms with Crippen molar-refractivity contribution in [3.05, 3.63) is 71.8 Å². The summed E-state index contributed by atoms with van der Waals surface area (Å²) in [4.78, 5) is 14.5. The van der Waals surface area contributed by atoms with Gasteiger partial charge in [0.15, 0.2) is 5.60 Å². The van der Waals surface area contributed by atoms with Crippen molar-refractivity contribution in [2.75, 3.05) is 6.54 Å². The van der Waals surface area contributed by atoms with E-state index in [2.05, 4.69) is 39.8 Å². The van der Waals surface area contributed by atoms with Gasteiger partial charge in [-0.3, -0.25) is 0 Å². The molecule has 4 atom stereocenters. The second kappa shape index (κ2) is 7.63. The summed E-state index contributed by atoms with van der Waals surface area (Å²) in [6.45, 7) is 10.0. The summed E-state index contributed by atoms with van der Waals surface area (Å²) in [6.07, 6.45) is 0.838. The van der Waals surface area contributed by atoms with Crippen molar-refractivity contribution in [1.29, 1.82) is 0 Å². The van der Waals surface area contributed by atoms with Crippen LogP contribution in [0.2, 0.25) is 0 Å². The minimum absolute atomic E-state index is 0.235. The fourth-order valence-electron chi connectivity index (χ4n) is 4.43. The largest absolute Gasteiger partial charge is 0.450 e. The lowest BCUT2D eigenvalue weighted by atomic mass is 9.73. The van der Waals surface area contributed by atoms with Gasteiger partial charge in [0.2, 0.25) is 0 Å². The predicted molar refractivity (Wildman–Crippen MR) is 104 cm³/mol. The second-order valence-electron chi connectivity index (χ2n) is 7.95. The number of carbonyl (C=O) groups excluding carboxylic acids is 1. The minimum atomic E-state index is -0.577. The molecule has 0 aliphatic carbocycles. The molecule has 3 nitrogen and oxygen atoms in total. The van der Waals surface area contributed by atoms with Crippen LogP contribution in [0.15, 0.2) is 60.7 Å². The van der Waals surface area contributed by atoms with E-state index < -0.39 is 5.60 Å². The Kier molecular flexibility index (Phi) is 5.47. The number of rotatable bonds is 4. The molecule has 1 aliphatic rings. The Labute approximate surface area is 157 Å². The highest BCUT2D eigenvalue weighted by atomic mass is 16.6. The van der Waals surface area contributed by atoms with E-state index in [4.69, 9.17) is 4.74 Å². The zero-order valence-corrected chi connectivity index (χ0v) is 16.2. The van der Waals surface area contributed by atoms with E-state index in [1.807, 2.05) is 48.5 Å². The predicted octanol–water partition coefficient (Wildman–Crippen LogP) is 3.46. The van der Waals surface area contributed by atoms with Crippen molar-refractivity contribution in [1.82, 2.24) is 0 Å². The van der Waals surface area contributed by atoms with Crippen LogP contribution in [0, 0.1) is 5.92 Å². The van der Waals surface area contributed by atoms with Crippen molar-refractivity contribution in [3.63, 3.8) is 0 Å². The Hall–Kier alpha value is -2.13. The highest BCUT2D eigenvalue weighted by molar-refractivity contribution is 5.89. The van der Waals surface area contributed by atoms with E-state index in [9.17, 15) is 4.79 Å². The molecule has 1 unspecified atom stereocenters. The van der Waals surface area contributed by atoms with Gasteiger partial charge in [-0.05, 0) is 38.5 Å². The van der Waals surface area contributed by atoms with Crippen LogP contribution >= 0.6 is 0 Å². The van der Waals surface area contributed by atoms with E-state index in [1.54, 1.807) is 4.90 Å². The third-order valence-corrected chi connectivity index (χ3v) is 5.87. The molecular formula is C23H30NO2+. The van der Waals surface area contributed by atoms with Gasteiger partial charge in [0.05, 0.1) is 24.2 Å². The Balaban J connectivity index is 1.97. The number of esters is 1. The van der Waals surface area contributed by atoms with Crippen molar-refractivity contribution >= 4 is 5.97 Å². The van der Waals surface area contributed by atoms with Crippen LogP contribution in [0.1, 0.15) is 50.0 Å². The molecule has 0 bridgehead atoms. The first-order valence-corrected chi connectivity index (χ1v) is 9.63. The number of piperidine rings is 1. The highest BCUT2D eigenvalue weighted by Crippen LogP contribution is 2.40. The molecule has 26 heavy (non-hydrogen) atoms. The summed E-state index contributed by atoms with van der Waals surface area (Å²) in [6, 6.07) is 20.6. The zero-order valence-electron chi connectivity index (χ0n) is 16.2. The van der Waals surface area contributed by atoms with E-state index in [1.165, 1.54) is 0 Å². The van der Waals surface area contributed by atoms with Gasteiger partial charge in [-0.25, -0.2) is 4.79 Å². The Bertz CT molecular complexity index is 728. The fraction of sp³-hybridized carbons (Fsp3) is 0.435. The summed E-state index contributed by atoms with van der Waals surface area (Å²) < 4.78 is 6.31. The van der Waals surface area contributed by atoms with Crippen molar-refractivity contribution in [3.8, 4) is 0 Å². The molecule has 0 amide bonds. The fourth-order valence-corrected chi connectivity index (χ4v) is 4.43. The van der Waals surface area contributed by atoms with Crippen LogP contribution in [0.3, 0.4) is 0 Å². The molecule has 3 rings (SSSR count). The second-order valence-corrected chi connectivity index (χ2v) is 7.95. The van der Waals surface area contributed by atoms with E-state index in [0.29, 0.717) is 17.6 Å². The highest BCUT2D eigenvalue weighted by Gasteiger charge is 2.50. The first kappa shape index (κ1) is 18.7. The third kappa shape index (κ3) is 3.54. The lowest BCUT2D eigenvalue weighted by Crippen LogP contribution is -3.20. The maximum absolute atomic E-state index is 12.9. The van der Waals surface area contributed by atoms with Gasteiger partial charge < -0.3 is 9.64 Å². The molecule has 1 aliphatic heterocycles. The average molecular weight is 352 g/mol. The van der Waals surface area contributed by atoms with Gasteiger partial charge in [-0.2, -0.15) is 0 Å². The summed E-state index contributed by atoms with van der Waals surface area (Å²) in [5, 5.41) is 0. The van der Waals surface area contributed by atoms with Crippen LogP contribution < -0.4 is 4.90 Å². The lowest BCUT2D eigenvalue weighted by molar-refractivity contribution is -0.955. The third-order valence-electron chi connectivity index (χ3n) is 5.87. The summed E-state index contributed by atoms with van der Waals surface area (Å²) in [7, 11) is 0. The maximum atomic E-state index is 12.9. The average Bonchev–Trinajstić information content (AvgIpc) is 2.65. The molecule has 1 heterocycles. The number of nitrogens with one attached hydrogen (secondary N) is 1. The Morgan fingerprint density at radius 2 is 1.62 bits per heavy atom. The number of hydrogen-bond acceptors (Lipinski definition) is 2. The summed E-state index contributed by atoms with van der Waals surface area (Å²) in [5.74, 6) is 0.00709. The van der Waals surface area contributed by atoms with Crippen LogP contribution in [0.5, 0.6) is 0 Å². The van der Waals surface area contributed by atoms with Crippen molar-refractivity contribution in [2.45, 2.75) is 51.8 Å². The molecule has 1 saturated heterocycles. The molecule has 2 aromatic rings.